The lowest BCUT2D eigenvalue weighted by Gasteiger charge is -1.87. The first kappa shape index (κ1) is 9.15. The second-order valence-electron chi connectivity index (χ2n) is 2.14. The summed E-state index contributed by atoms with van der Waals surface area (Å²) in [5, 5.41) is 0. The SMILES string of the molecule is C=CCN=CC(C)=CCC. The van der Waals surface area contributed by atoms with E-state index in [9.17, 15) is 0 Å². The van der Waals surface area contributed by atoms with E-state index in [4.69, 9.17) is 0 Å². The number of aliphatic imine (C=N–C) groups is 1. The second kappa shape index (κ2) is 6.27. The molecule has 10 heavy (non-hydrogen) atoms. The second-order valence-corrected chi connectivity index (χ2v) is 2.14. The lowest BCUT2D eigenvalue weighted by Crippen LogP contribution is -1.78. The van der Waals surface area contributed by atoms with Gasteiger partial charge in [0.25, 0.3) is 0 Å². The van der Waals surface area contributed by atoms with Crippen LogP contribution in [0.3, 0.4) is 0 Å². The summed E-state index contributed by atoms with van der Waals surface area (Å²) in [6.07, 6.45) is 6.89. The minimum atomic E-state index is 0.717. The van der Waals surface area contributed by atoms with Crippen molar-refractivity contribution in [3.63, 3.8) is 0 Å². The van der Waals surface area contributed by atoms with Crippen molar-refractivity contribution in [3.05, 3.63) is 24.3 Å². The fourth-order valence-corrected chi connectivity index (χ4v) is 0.646. The molecule has 0 atom stereocenters. The van der Waals surface area contributed by atoms with Gasteiger partial charge in [-0.25, -0.2) is 0 Å². The Hall–Kier alpha value is -0.850. The summed E-state index contributed by atoms with van der Waals surface area (Å²) in [6.45, 7) is 8.46. The first-order chi connectivity index (χ1) is 4.81. The van der Waals surface area contributed by atoms with Gasteiger partial charge in [0.1, 0.15) is 0 Å². The normalized spacial score (nSPS) is 12.4. The van der Waals surface area contributed by atoms with E-state index in [0.29, 0.717) is 0 Å². The van der Waals surface area contributed by atoms with Gasteiger partial charge in [0.2, 0.25) is 0 Å². The fourth-order valence-electron chi connectivity index (χ4n) is 0.646. The summed E-state index contributed by atoms with van der Waals surface area (Å²) in [5.41, 5.74) is 1.23. The first-order valence-corrected chi connectivity index (χ1v) is 3.58. The van der Waals surface area contributed by atoms with Crippen molar-refractivity contribution in [3.8, 4) is 0 Å². The van der Waals surface area contributed by atoms with Crippen LogP contribution >= 0.6 is 0 Å². The lowest BCUT2D eigenvalue weighted by atomic mass is 10.3. The Bertz CT molecular complexity index is 143. The van der Waals surface area contributed by atoms with Crippen molar-refractivity contribution in [2.45, 2.75) is 20.3 Å². The monoisotopic (exact) mass is 137 g/mol. The van der Waals surface area contributed by atoms with Crippen molar-refractivity contribution in [2.24, 2.45) is 4.99 Å². The molecule has 0 aliphatic heterocycles. The average Bonchev–Trinajstić information content (AvgIpc) is 1.89. The highest BCUT2D eigenvalue weighted by Crippen LogP contribution is 1.90. The van der Waals surface area contributed by atoms with E-state index in [2.05, 4.69) is 31.5 Å². The molecular weight excluding hydrogens is 122 g/mol. The predicted octanol–water partition coefficient (Wildman–Crippen LogP) is 2.60. The fraction of sp³-hybridized carbons (Fsp3) is 0.444. The molecule has 0 unspecified atom stereocenters. The van der Waals surface area contributed by atoms with Crippen LogP contribution in [0.5, 0.6) is 0 Å². The minimum Gasteiger partial charge on any atom is -0.289 e. The van der Waals surface area contributed by atoms with Gasteiger partial charge in [0.05, 0.1) is 6.54 Å². The van der Waals surface area contributed by atoms with E-state index in [1.54, 1.807) is 6.08 Å². The molecule has 0 aromatic carbocycles. The standard InChI is InChI=1S/C9H15N/c1-4-6-9(3)8-10-7-5-2/h5-6,8H,2,4,7H2,1,3H3. The molecule has 0 bridgehead atoms. The van der Waals surface area contributed by atoms with Gasteiger partial charge in [-0.2, -0.15) is 0 Å². The summed E-state index contributed by atoms with van der Waals surface area (Å²) < 4.78 is 0. The third-order valence-corrected chi connectivity index (χ3v) is 1.06. The van der Waals surface area contributed by atoms with Crippen LogP contribution in [0.4, 0.5) is 0 Å². The average molecular weight is 137 g/mol. The zero-order chi connectivity index (χ0) is 7.82. The molecule has 0 aliphatic rings. The van der Waals surface area contributed by atoms with Gasteiger partial charge < -0.3 is 0 Å². The maximum Gasteiger partial charge on any atom is 0.0567 e. The molecule has 0 N–H and O–H groups in total. The van der Waals surface area contributed by atoms with Crippen molar-refractivity contribution < 1.29 is 0 Å². The van der Waals surface area contributed by atoms with Crippen molar-refractivity contribution >= 4 is 6.21 Å². The molecule has 1 heteroatoms. The van der Waals surface area contributed by atoms with Crippen LogP contribution in [0.15, 0.2) is 29.3 Å². The van der Waals surface area contributed by atoms with Crippen LogP contribution < -0.4 is 0 Å². The predicted molar refractivity (Wildman–Crippen MR) is 47.6 cm³/mol. The zero-order valence-corrected chi connectivity index (χ0v) is 6.80. The van der Waals surface area contributed by atoms with Gasteiger partial charge >= 0.3 is 0 Å². The van der Waals surface area contributed by atoms with Crippen molar-refractivity contribution in [1.29, 1.82) is 0 Å². The molecule has 0 fully saturated rings. The van der Waals surface area contributed by atoms with Crippen molar-refractivity contribution in [2.75, 3.05) is 6.54 Å². The third kappa shape index (κ3) is 5.29. The van der Waals surface area contributed by atoms with Crippen LogP contribution in [-0.2, 0) is 0 Å². The summed E-state index contributed by atoms with van der Waals surface area (Å²) in [7, 11) is 0. The zero-order valence-electron chi connectivity index (χ0n) is 6.80. The van der Waals surface area contributed by atoms with Gasteiger partial charge in [-0.15, -0.1) is 6.58 Å². The Labute approximate surface area is 63.2 Å². The third-order valence-electron chi connectivity index (χ3n) is 1.06. The minimum absolute atomic E-state index is 0.717. The summed E-state index contributed by atoms with van der Waals surface area (Å²) in [6, 6.07) is 0. The Morgan fingerprint density at radius 3 is 2.80 bits per heavy atom. The Morgan fingerprint density at radius 1 is 1.60 bits per heavy atom. The highest BCUT2D eigenvalue weighted by molar-refractivity contribution is 5.77. The number of allylic oxidation sites excluding steroid dienone is 2. The van der Waals surface area contributed by atoms with Crippen LogP contribution in [0.2, 0.25) is 0 Å². The Morgan fingerprint density at radius 2 is 2.30 bits per heavy atom. The largest absolute Gasteiger partial charge is 0.289 e. The molecule has 0 aromatic rings. The van der Waals surface area contributed by atoms with Gasteiger partial charge in [0, 0.05) is 6.21 Å². The first-order valence-electron chi connectivity index (χ1n) is 3.58. The molecular formula is C9H15N. The quantitative estimate of drug-likeness (QED) is 0.417. The Kier molecular flexibility index (Phi) is 5.74. The molecule has 0 rings (SSSR count). The molecule has 56 valence electrons. The van der Waals surface area contributed by atoms with E-state index in [-0.39, 0.29) is 0 Å². The lowest BCUT2D eigenvalue weighted by molar-refractivity contribution is 1.20. The van der Waals surface area contributed by atoms with Gasteiger partial charge in [0.15, 0.2) is 0 Å². The number of hydrogen-bond acceptors (Lipinski definition) is 1. The molecule has 0 aromatic heterocycles. The van der Waals surface area contributed by atoms with Crippen LogP contribution in [-0.4, -0.2) is 12.8 Å². The molecule has 0 heterocycles. The molecule has 0 saturated carbocycles. The molecule has 0 aliphatic carbocycles. The molecule has 0 saturated heterocycles. The maximum absolute atomic E-state index is 4.10. The van der Waals surface area contributed by atoms with E-state index < -0.39 is 0 Å². The Balaban J connectivity index is 3.64. The van der Waals surface area contributed by atoms with E-state index in [1.807, 2.05) is 6.21 Å². The summed E-state index contributed by atoms with van der Waals surface area (Å²) >= 11 is 0. The van der Waals surface area contributed by atoms with E-state index >= 15 is 0 Å². The molecule has 0 amide bonds. The van der Waals surface area contributed by atoms with Crippen LogP contribution in [0.1, 0.15) is 20.3 Å². The van der Waals surface area contributed by atoms with Gasteiger partial charge in [-0.3, -0.25) is 4.99 Å². The van der Waals surface area contributed by atoms with Crippen molar-refractivity contribution in [1.82, 2.24) is 0 Å². The molecule has 1 nitrogen and oxygen atoms in total. The number of rotatable bonds is 4. The van der Waals surface area contributed by atoms with E-state index in [0.717, 1.165) is 13.0 Å². The summed E-state index contributed by atoms with van der Waals surface area (Å²) in [5.74, 6) is 0. The topological polar surface area (TPSA) is 12.4 Å². The van der Waals surface area contributed by atoms with E-state index in [1.165, 1.54) is 5.57 Å². The number of nitrogens with zero attached hydrogens (tertiary/aromatic N) is 1. The maximum atomic E-state index is 4.10. The van der Waals surface area contributed by atoms with Crippen LogP contribution in [0.25, 0.3) is 0 Å². The number of hydrogen-bond donors (Lipinski definition) is 0. The smallest absolute Gasteiger partial charge is 0.0567 e. The molecule has 0 radical (unpaired) electrons. The highest BCUT2D eigenvalue weighted by atomic mass is 14.7. The van der Waals surface area contributed by atoms with Gasteiger partial charge in [-0.05, 0) is 18.9 Å². The van der Waals surface area contributed by atoms with Gasteiger partial charge in [-0.1, -0.05) is 19.1 Å². The summed E-state index contributed by atoms with van der Waals surface area (Å²) in [4.78, 5) is 4.10. The van der Waals surface area contributed by atoms with Crippen LogP contribution in [0, 0.1) is 0 Å². The highest BCUT2D eigenvalue weighted by Gasteiger charge is 1.77. The molecule has 0 spiro atoms.